The quantitative estimate of drug-likeness (QED) is 0.732. The highest BCUT2D eigenvalue weighted by molar-refractivity contribution is 9.11. The summed E-state index contributed by atoms with van der Waals surface area (Å²) >= 11 is 9.51. The highest BCUT2D eigenvalue weighted by Crippen LogP contribution is 2.51. The molecule has 2 aliphatic heterocycles. The van der Waals surface area contributed by atoms with Crippen molar-refractivity contribution in [1.29, 1.82) is 0 Å². The molecule has 0 saturated carbocycles. The number of ether oxygens (including phenoxy) is 1. The molecule has 0 aromatic heterocycles. The predicted octanol–water partition coefficient (Wildman–Crippen LogP) is 3.21. The van der Waals surface area contributed by atoms with E-state index in [0.717, 1.165) is 21.3 Å². The minimum atomic E-state index is -0.992. The molecule has 5 heteroatoms. The van der Waals surface area contributed by atoms with Crippen molar-refractivity contribution in [3.05, 3.63) is 38.8 Å². The Kier molecular flexibility index (Phi) is 2.59. The van der Waals surface area contributed by atoms with E-state index < -0.39 is 5.60 Å². The number of nitrogens with zero attached hydrogens (tertiary/aromatic N) is 1. The number of benzene rings is 1. The molecular weight excluding hydrogens is 318 g/mol. The van der Waals surface area contributed by atoms with Gasteiger partial charge in [0, 0.05) is 22.1 Å². The molecule has 2 heterocycles. The Morgan fingerprint density at radius 1 is 1.50 bits per heavy atom. The van der Waals surface area contributed by atoms with Crippen LogP contribution in [0.15, 0.2) is 28.3 Å². The fourth-order valence-electron chi connectivity index (χ4n) is 2.62. The van der Waals surface area contributed by atoms with E-state index in [4.69, 9.17) is 16.3 Å². The van der Waals surface area contributed by atoms with Crippen molar-refractivity contribution < 1.29 is 9.53 Å². The topological polar surface area (TPSA) is 29.5 Å². The van der Waals surface area contributed by atoms with E-state index in [-0.39, 0.29) is 5.91 Å². The first-order valence-corrected chi connectivity index (χ1v) is 6.73. The minimum Gasteiger partial charge on any atom is -0.351 e. The number of hydrogen-bond donors (Lipinski definition) is 0. The summed E-state index contributed by atoms with van der Waals surface area (Å²) in [7, 11) is 1.76. The Hall–Kier alpha value is -0.840. The van der Waals surface area contributed by atoms with Gasteiger partial charge < -0.3 is 9.64 Å². The van der Waals surface area contributed by atoms with E-state index in [1.165, 1.54) is 0 Å². The van der Waals surface area contributed by atoms with Crippen LogP contribution in [0.4, 0.5) is 5.69 Å². The maximum atomic E-state index is 12.6. The fraction of sp³-hybridized carbons (Fsp3) is 0.308. The summed E-state index contributed by atoms with van der Waals surface area (Å²) in [4.78, 5) is 14.2. The van der Waals surface area contributed by atoms with Crippen molar-refractivity contribution in [2.75, 3.05) is 18.6 Å². The van der Waals surface area contributed by atoms with Crippen LogP contribution in [0, 0.1) is 0 Å². The van der Waals surface area contributed by atoms with Gasteiger partial charge in [-0.25, -0.2) is 0 Å². The highest BCUT2D eigenvalue weighted by Gasteiger charge is 2.55. The Morgan fingerprint density at radius 3 is 2.83 bits per heavy atom. The third kappa shape index (κ3) is 1.31. The molecule has 94 valence electrons. The molecule has 3 rings (SSSR count). The number of likely N-dealkylation sites (N-methyl/N-ethyl adjacent to an activating group) is 1. The smallest absolute Gasteiger partial charge is 0.268 e. The third-order valence-electron chi connectivity index (χ3n) is 3.66. The summed E-state index contributed by atoms with van der Waals surface area (Å²) in [6.07, 6.45) is 0. The number of halogens is 2. The molecule has 1 unspecified atom stereocenters. The molecule has 0 radical (unpaired) electrons. The summed E-state index contributed by atoms with van der Waals surface area (Å²) in [5.74, 6) is -0.0632. The molecule has 0 aliphatic carbocycles. The van der Waals surface area contributed by atoms with Gasteiger partial charge in [0.1, 0.15) is 0 Å². The number of amides is 1. The second-order valence-corrected chi connectivity index (χ2v) is 5.92. The number of hydrogen-bond acceptors (Lipinski definition) is 2. The van der Waals surface area contributed by atoms with Gasteiger partial charge in [-0.2, -0.15) is 0 Å². The Labute approximate surface area is 118 Å². The minimum absolute atomic E-state index is 0.0632. The van der Waals surface area contributed by atoms with Gasteiger partial charge >= 0.3 is 0 Å². The van der Waals surface area contributed by atoms with E-state index in [0.29, 0.717) is 11.6 Å². The van der Waals surface area contributed by atoms with Gasteiger partial charge in [-0.1, -0.05) is 27.5 Å². The molecular formula is C13H11BrClNO2. The summed E-state index contributed by atoms with van der Waals surface area (Å²) in [6, 6.07) is 5.45. The zero-order chi connectivity index (χ0) is 13.1. The molecule has 1 atom stereocenters. The van der Waals surface area contributed by atoms with Crippen molar-refractivity contribution in [3.8, 4) is 0 Å². The largest absolute Gasteiger partial charge is 0.351 e. The number of anilines is 1. The normalized spacial score (nSPS) is 26.4. The molecule has 0 fully saturated rings. The molecule has 1 amide bonds. The third-order valence-corrected chi connectivity index (χ3v) is 4.71. The van der Waals surface area contributed by atoms with Gasteiger partial charge in [-0.3, -0.25) is 4.79 Å². The van der Waals surface area contributed by atoms with Gasteiger partial charge in [-0.15, -0.1) is 0 Å². The average molecular weight is 329 g/mol. The van der Waals surface area contributed by atoms with Crippen LogP contribution in [-0.4, -0.2) is 19.6 Å². The maximum Gasteiger partial charge on any atom is 0.268 e. The van der Waals surface area contributed by atoms with E-state index >= 15 is 0 Å². The molecule has 1 aromatic rings. The lowest BCUT2D eigenvalue weighted by Gasteiger charge is -2.24. The zero-order valence-electron chi connectivity index (χ0n) is 9.96. The molecule has 0 N–H and O–H groups in total. The highest BCUT2D eigenvalue weighted by atomic mass is 79.9. The van der Waals surface area contributed by atoms with E-state index in [2.05, 4.69) is 15.9 Å². The standard InChI is InChI=1S/C13H11BrClNO2/c1-7-10(14)6-18-13(7)9-5-8(15)3-4-11(9)16(2)12(13)17/h3-5H,6H2,1-2H3. The Bertz CT molecular complexity index is 599. The van der Waals surface area contributed by atoms with Gasteiger partial charge in [0.05, 0.1) is 12.3 Å². The summed E-state index contributed by atoms with van der Waals surface area (Å²) < 4.78 is 6.75. The van der Waals surface area contributed by atoms with Crippen LogP contribution in [0.2, 0.25) is 5.02 Å². The van der Waals surface area contributed by atoms with Gasteiger partial charge in [0.15, 0.2) is 5.60 Å². The van der Waals surface area contributed by atoms with Crippen molar-refractivity contribution in [2.45, 2.75) is 12.5 Å². The summed E-state index contributed by atoms with van der Waals surface area (Å²) in [5, 5.41) is 0.607. The first-order valence-electron chi connectivity index (χ1n) is 5.56. The van der Waals surface area contributed by atoms with Gasteiger partial charge in [0.25, 0.3) is 5.91 Å². The SMILES string of the molecule is CC1=C(Br)COC12C(=O)N(C)c1ccc(Cl)cc12. The van der Waals surface area contributed by atoms with E-state index in [9.17, 15) is 4.79 Å². The number of carbonyl (C=O) groups excluding carboxylic acids is 1. The van der Waals surface area contributed by atoms with E-state index in [1.54, 1.807) is 18.0 Å². The molecule has 1 spiro atoms. The second kappa shape index (κ2) is 3.83. The van der Waals surface area contributed by atoms with Crippen molar-refractivity contribution in [2.24, 2.45) is 0 Å². The van der Waals surface area contributed by atoms with Crippen LogP contribution in [0.25, 0.3) is 0 Å². The molecule has 1 aromatic carbocycles. The van der Waals surface area contributed by atoms with Gasteiger partial charge in [-0.05, 0) is 30.7 Å². The van der Waals surface area contributed by atoms with Crippen LogP contribution in [0.1, 0.15) is 12.5 Å². The number of carbonyl (C=O) groups is 1. The lowest BCUT2D eigenvalue weighted by molar-refractivity contribution is -0.135. The maximum absolute atomic E-state index is 12.6. The van der Waals surface area contributed by atoms with Crippen molar-refractivity contribution in [3.63, 3.8) is 0 Å². The molecule has 3 nitrogen and oxygen atoms in total. The second-order valence-electron chi connectivity index (χ2n) is 4.53. The van der Waals surface area contributed by atoms with Crippen LogP contribution < -0.4 is 4.90 Å². The average Bonchev–Trinajstić information content (AvgIpc) is 2.75. The lowest BCUT2D eigenvalue weighted by atomic mass is 9.89. The zero-order valence-corrected chi connectivity index (χ0v) is 12.3. The Morgan fingerprint density at radius 2 is 2.22 bits per heavy atom. The first-order chi connectivity index (χ1) is 8.48. The lowest BCUT2D eigenvalue weighted by Crippen LogP contribution is -2.39. The van der Waals surface area contributed by atoms with E-state index in [1.807, 2.05) is 19.1 Å². The van der Waals surface area contributed by atoms with Gasteiger partial charge in [0.2, 0.25) is 0 Å². The van der Waals surface area contributed by atoms with Crippen molar-refractivity contribution >= 4 is 39.1 Å². The van der Waals surface area contributed by atoms with Crippen molar-refractivity contribution in [1.82, 2.24) is 0 Å². The molecule has 18 heavy (non-hydrogen) atoms. The molecule has 2 aliphatic rings. The summed E-state index contributed by atoms with van der Waals surface area (Å²) in [5.41, 5.74) is 1.59. The van der Waals surface area contributed by atoms with Crippen LogP contribution >= 0.6 is 27.5 Å². The monoisotopic (exact) mass is 327 g/mol. The van der Waals surface area contributed by atoms with Crippen LogP contribution in [0.3, 0.4) is 0 Å². The van der Waals surface area contributed by atoms with Crippen LogP contribution in [-0.2, 0) is 15.1 Å². The molecule has 0 saturated heterocycles. The number of fused-ring (bicyclic) bond motifs is 2. The Balaban J connectivity index is 2.31. The first kappa shape index (κ1) is 12.2. The van der Waals surface area contributed by atoms with Crippen LogP contribution in [0.5, 0.6) is 0 Å². The summed E-state index contributed by atoms with van der Waals surface area (Å²) in [6.45, 7) is 2.33. The number of rotatable bonds is 0. The molecule has 0 bridgehead atoms. The fourth-order valence-corrected chi connectivity index (χ4v) is 3.19. The predicted molar refractivity (Wildman–Crippen MR) is 74.1 cm³/mol.